The van der Waals surface area contributed by atoms with Gasteiger partial charge in [0, 0.05) is 0 Å². The summed E-state index contributed by atoms with van der Waals surface area (Å²) in [5.41, 5.74) is 10.1. The van der Waals surface area contributed by atoms with Crippen LogP contribution in [0.15, 0.2) is 17.4 Å². The van der Waals surface area contributed by atoms with Crippen molar-refractivity contribution >= 4 is 72.9 Å². The van der Waals surface area contributed by atoms with Crippen molar-refractivity contribution in [3.63, 3.8) is 0 Å². The molecule has 3 saturated heterocycles. The van der Waals surface area contributed by atoms with E-state index >= 15 is 13.2 Å². The number of hydrogen-bond donors (Lipinski definition) is 7. The monoisotopic (exact) mass is 733 g/mol. The molecule has 0 radical (unpaired) electrons. The van der Waals surface area contributed by atoms with E-state index in [0.717, 1.165) is 17.2 Å². The van der Waals surface area contributed by atoms with Crippen LogP contribution < -0.4 is 17.0 Å². The molecule has 0 amide bonds. The Bertz CT molecular complexity index is 1870. The van der Waals surface area contributed by atoms with E-state index < -0.39 is 82.0 Å². The van der Waals surface area contributed by atoms with Gasteiger partial charge >= 0.3 is 265 Å². The molecule has 46 heavy (non-hydrogen) atoms. The van der Waals surface area contributed by atoms with Gasteiger partial charge in [0.15, 0.2) is 0 Å². The number of ether oxygens (including phenoxy) is 2. The molecule has 0 saturated carbocycles. The standard InChI is InChI=1S/C19H24F3N11O9P2S2/c20-7-5-1-37-44(36,46)42-11-6(40-17(19(11,21)22)33-13-8(30-31-33)12(23)25-3-26-13)2-38-43(35,45)41-10(7)16(39-5)32-4-27-9-14(32)28-18(24)29-15(9)34/h3-7,10-11,16-17,35-36,43-46H,1-2H2,(H2,23,25,26)(H3,24,28,29,34)/t5-,6-,7-,10-,11-,16-,17-/m1/s1. The third-order valence-corrected chi connectivity index (χ3v) is 10.9. The Balaban J connectivity index is 1.22. The molecule has 7 heterocycles. The number of nitrogens with one attached hydrogen (secondary N) is 1. The summed E-state index contributed by atoms with van der Waals surface area (Å²) < 4.78 is 82.7. The summed E-state index contributed by atoms with van der Waals surface area (Å²) in [6, 6.07) is 0. The maximum absolute atomic E-state index is 16.0. The fourth-order valence-corrected chi connectivity index (χ4v) is 8.55. The number of H-pyrrole nitrogens is 1. The third kappa shape index (κ3) is 5.46. The average molecular weight is 734 g/mol. The topological polar surface area (TPSA) is 268 Å². The first-order chi connectivity index (χ1) is 21.6. The number of halogens is 3. The molecule has 2 bridgehead atoms. The van der Waals surface area contributed by atoms with Crippen molar-refractivity contribution < 1.29 is 50.5 Å². The summed E-state index contributed by atoms with van der Waals surface area (Å²) in [7, 11) is -9.59. The number of imidazole rings is 1. The molecular formula is C19H24F3N11O9P2S2. The molecule has 20 nitrogen and oxygen atoms in total. The van der Waals surface area contributed by atoms with Gasteiger partial charge in [-0.15, -0.1) is 0 Å². The van der Waals surface area contributed by atoms with Crippen molar-refractivity contribution in [3.8, 4) is 0 Å². The van der Waals surface area contributed by atoms with E-state index in [-0.39, 0.29) is 34.1 Å². The predicted octanol–water partition coefficient (Wildman–Crippen LogP) is -0.232. The van der Waals surface area contributed by atoms with Crippen molar-refractivity contribution in [2.24, 2.45) is 0 Å². The number of nitrogen functional groups attached to an aromatic ring is 2. The minimum atomic E-state index is -4.85. The van der Waals surface area contributed by atoms with Crippen LogP contribution in [0.25, 0.3) is 22.3 Å². The number of anilines is 2. The van der Waals surface area contributed by atoms with Crippen molar-refractivity contribution in [2.75, 3.05) is 24.7 Å². The summed E-state index contributed by atoms with van der Waals surface area (Å²) in [6.45, 7) is -1.68. The van der Waals surface area contributed by atoms with Gasteiger partial charge in [0.05, 0.1) is 0 Å². The first-order valence-corrected chi connectivity index (χ1v) is 19.2. The first kappa shape index (κ1) is 32.0. The van der Waals surface area contributed by atoms with Crippen molar-refractivity contribution in [3.05, 3.63) is 23.0 Å². The van der Waals surface area contributed by atoms with Crippen LogP contribution in [0.2, 0.25) is 0 Å². The molecule has 7 atom stereocenters. The second-order valence-electron chi connectivity index (χ2n) is 10.3. The molecule has 4 aromatic rings. The van der Waals surface area contributed by atoms with E-state index in [0.29, 0.717) is 4.68 Å². The number of nitrogens with two attached hydrogens (primary N) is 2. The van der Waals surface area contributed by atoms with Crippen molar-refractivity contribution in [2.45, 2.75) is 49.0 Å². The number of hydrogen-bond acceptors (Lipinski definition) is 19. The van der Waals surface area contributed by atoms with Gasteiger partial charge in [-0.05, 0) is 0 Å². The number of aromatic nitrogens is 9. The van der Waals surface area contributed by atoms with E-state index in [2.05, 4.69) is 59.7 Å². The second kappa shape index (κ2) is 11.3. The number of nitrogens with zero attached hydrogens (tertiary/aromatic N) is 8. The fraction of sp³-hybridized carbons (Fsp3) is 0.526. The number of fused-ring (bicyclic) bond motifs is 5. The summed E-state index contributed by atoms with van der Waals surface area (Å²) in [6.07, 6.45) is -11.1. The molecule has 0 aromatic carbocycles. The summed E-state index contributed by atoms with van der Waals surface area (Å²) >= 11 is 8.01. The zero-order valence-corrected chi connectivity index (χ0v) is 26.4. The number of alkyl halides is 3. The zero-order chi connectivity index (χ0) is 32.8. The number of aromatic amines is 1. The van der Waals surface area contributed by atoms with Crippen molar-refractivity contribution in [1.29, 1.82) is 0 Å². The van der Waals surface area contributed by atoms with Crippen LogP contribution in [0.5, 0.6) is 0 Å². The van der Waals surface area contributed by atoms with E-state index in [1.165, 1.54) is 0 Å². The number of thiol groups is 2. The van der Waals surface area contributed by atoms with Crippen LogP contribution in [0, 0.1) is 0 Å². The van der Waals surface area contributed by atoms with Gasteiger partial charge in [-0.2, -0.15) is 0 Å². The molecule has 3 aliphatic rings. The van der Waals surface area contributed by atoms with Crippen LogP contribution in [0.4, 0.5) is 24.9 Å². The Morgan fingerprint density at radius 2 is 1.74 bits per heavy atom. The molecule has 3 aliphatic heterocycles. The van der Waals surface area contributed by atoms with Gasteiger partial charge in [0.2, 0.25) is 0 Å². The normalized spacial score (nSPS) is 33.9. The van der Waals surface area contributed by atoms with E-state index in [1.54, 1.807) is 0 Å². The molecule has 7 rings (SSSR count). The van der Waals surface area contributed by atoms with E-state index in [4.69, 9.17) is 39.0 Å². The predicted molar refractivity (Wildman–Crippen MR) is 158 cm³/mol. The summed E-state index contributed by atoms with van der Waals surface area (Å²) in [5.74, 6) is -4.42. The first-order valence-electron chi connectivity index (χ1n) is 13.0. The van der Waals surface area contributed by atoms with Gasteiger partial charge in [-0.3, -0.25) is 0 Å². The van der Waals surface area contributed by atoms with Crippen LogP contribution >= 0.6 is 38.8 Å². The van der Waals surface area contributed by atoms with Gasteiger partial charge in [0.25, 0.3) is 0 Å². The molecular weight excluding hydrogens is 709 g/mol. The molecule has 27 heteroatoms. The molecule has 4 aromatic heterocycles. The SMILES string of the molecule is Nc1nc2c(ncn2[C@@H]2O[C@@H]3CO[PH](O)(S)O[C@@H]4[C@@H](CO[PH](O)(S)O[C@@H]2[C@@H]3F)O[C@@H](n2nnc3c(N)ncnc32)C4(F)F)c(=O)[nH]1. The maximum atomic E-state index is 16.0. The molecule has 0 aliphatic carbocycles. The minimum absolute atomic E-state index is 0.0888. The Labute approximate surface area is 264 Å². The van der Waals surface area contributed by atoms with Gasteiger partial charge in [0.1, 0.15) is 0 Å². The molecule has 3 fully saturated rings. The second-order valence-corrected chi connectivity index (χ2v) is 16.9. The molecule has 0 spiro atoms. The zero-order valence-electron chi connectivity index (χ0n) is 22.6. The summed E-state index contributed by atoms with van der Waals surface area (Å²) in [4.78, 5) is 52.2. The van der Waals surface area contributed by atoms with E-state index in [9.17, 15) is 14.6 Å². The number of rotatable bonds is 2. The van der Waals surface area contributed by atoms with Crippen LogP contribution in [0.1, 0.15) is 12.5 Å². The molecule has 7 N–H and O–H groups in total. The Morgan fingerprint density at radius 3 is 2.50 bits per heavy atom. The van der Waals surface area contributed by atoms with Crippen LogP contribution in [-0.2, 0) is 27.6 Å². The van der Waals surface area contributed by atoms with Crippen LogP contribution in [0.3, 0.4) is 0 Å². The molecule has 0 unspecified atom stereocenters. The quantitative estimate of drug-likeness (QED) is 0.104. The van der Waals surface area contributed by atoms with Crippen LogP contribution in [-0.4, -0.2) is 104 Å². The Hall–Kier alpha value is -2.54. The molecule has 252 valence electrons. The summed E-state index contributed by atoms with van der Waals surface area (Å²) in [5, 5.41) is 7.42. The Morgan fingerprint density at radius 1 is 1.02 bits per heavy atom. The van der Waals surface area contributed by atoms with Gasteiger partial charge < -0.3 is 0 Å². The van der Waals surface area contributed by atoms with Gasteiger partial charge in [-0.25, -0.2) is 0 Å². The van der Waals surface area contributed by atoms with Gasteiger partial charge in [-0.1, -0.05) is 0 Å². The van der Waals surface area contributed by atoms with Crippen molar-refractivity contribution in [1.82, 2.24) is 44.5 Å². The average Bonchev–Trinajstić information content (AvgIpc) is 3.71. The van der Waals surface area contributed by atoms with E-state index in [1.807, 2.05) is 0 Å². The fourth-order valence-electron chi connectivity index (χ4n) is 5.26. The Kier molecular flexibility index (Phi) is 7.85. The third-order valence-electron chi connectivity index (χ3n) is 7.29.